The summed E-state index contributed by atoms with van der Waals surface area (Å²) in [6, 6.07) is 10.4. The Bertz CT molecular complexity index is 1070. The number of amides is 2. The Kier molecular flexibility index (Phi) is 5.78. The highest BCUT2D eigenvalue weighted by molar-refractivity contribution is 5.88. The van der Waals surface area contributed by atoms with Crippen LogP contribution in [0.4, 0.5) is 19.4 Å². The number of rotatable bonds is 4. The average molecular weight is 414 g/mol. The van der Waals surface area contributed by atoms with Gasteiger partial charge in [-0.15, -0.1) is 0 Å². The van der Waals surface area contributed by atoms with E-state index in [1.807, 2.05) is 52.0 Å². The molecule has 2 amide bonds. The maximum atomic E-state index is 13.5. The quantitative estimate of drug-likeness (QED) is 0.575. The first kappa shape index (κ1) is 21.3. The number of aromatic nitrogens is 2. The van der Waals surface area contributed by atoms with Gasteiger partial charge in [0.15, 0.2) is 11.6 Å². The molecule has 3 rings (SSSR count). The van der Waals surface area contributed by atoms with Crippen molar-refractivity contribution in [3.63, 3.8) is 0 Å². The number of phenolic OH excluding ortho intramolecular Hbond substituents is 1. The van der Waals surface area contributed by atoms with Crippen LogP contribution in [-0.2, 0) is 12.0 Å². The molecule has 1 heterocycles. The van der Waals surface area contributed by atoms with Crippen LogP contribution in [0.5, 0.6) is 5.75 Å². The first-order chi connectivity index (χ1) is 14.0. The number of phenols is 1. The van der Waals surface area contributed by atoms with Crippen molar-refractivity contribution in [3.05, 3.63) is 70.9 Å². The zero-order valence-corrected chi connectivity index (χ0v) is 17.3. The van der Waals surface area contributed by atoms with E-state index in [-0.39, 0.29) is 17.5 Å². The average Bonchev–Trinajstić information content (AvgIpc) is 3.08. The molecule has 0 saturated carbocycles. The molecule has 1 aromatic heterocycles. The molecule has 0 spiro atoms. The highest BCUT2D eigenvalue weighted by atomic mass is 19.1. The van der Waals surface area contributed by atoms with E-state index in [9.17, 15) is 18.7 Å². The van der Waals surface area contributed by atoms with E-state index in [0.29, 0.717) is 11.9 Å². The van der Waals surface area contributed by atoms with Gasteiger partial charge in [0.25, 0.3) is 0 Å². The standard InChI is InChI=1S/C22H24F2N4O2/c1-13-5-7-16(8-6-13)28-19(11-18(27-28)22(2,3)4)26-21(30)25-12-14-9-15(23)10-17(24)20(14)29/h5-11,29H,12H2,1-4H3,(H2,25,26,30). The van der Waals surface area contributed by atoms with Crippen molar-refractivity contribution in [3.8, 4) is 11.4 Å². The molecule has 0 fully saturated rings. The monoisotopic (exact) mass is 414 g/mol. The van der Waals surface area contributed by atoms with Crippen molar-refractivity contribution in [2.45, 2.75) is 39.7 Å². The first-order valence-electron chi connectivity index (χ1n) is 9.44. The molecule has 0 aliphatic rings. The minimum atomic E-state index is -1.08. The maximum Gasteiger partial charge on any atom is 0.320 e. The lowest BCUT2D eigenvalue weighted by Crippen LogP contribution is -2.29. The zero-order chi connectivity index (χ0) is 22.1. The molecule has 0 aliphatic heterocycles. The minimum absolute atomic E-state index is 0.0647. The Morgan fingerprint density at radius 1 is 1.13 bits per heavy atom. The lowest BCUT2D eigenvalue weighted by molar-refractivity contribution is 0.251. The van der Waals surface area contributed by atoms with Crippen LogP contribution in [0.15, 0.2) is 42.5 Å². The molecule has 0 aliphatic carbocycles. The molecule has 3 aromatic rings. The number of hydrogen-bond acceptors (Lipinski definition) is 3. The Balaban J connectivity index is 1.82. The van der Waals surface area contributed by atoms with E-state index in [1.54, 1.807) is 10.7 Å². The molecule has 3 N–H and O–H groups in total. The second kappa shape index (κ2) is 8.14. The van der Waals surface area contributed by atoms with Crippen molar-refractivity contribution in [1.82, 2.24) is 15.1 Å². The number of urea groups is 1. The third-order valence-electron chi connectivity index (χ3n) is 4.54. The molecule has 0 atom stereocenters. The Labute approximate surface area is 173 Å². The summed E-state index contributed by atoms with van der Waals surface area (Å²) in [5.41, 5.74) is 2.34. The molecule has 8 heteroatoms. The van der Waals surface area contributed by atoms with Gasteiger partial charge in [0, 0.05) is 29.7 Å². The van der Waals surface area contributed by atoms with Crippen LogP contribution >= 0.6 is 0 Å². The normalized spacial score (nSPS) is 11.4. The van der Waals surface area contributed by atoms with Gasteiger partial charge in [-0.25, -0.2) is 18.3 Å². The lowest BCUT2D eigenvalue weighted by atomic mass is 9.92. The molecule has 6 nitrogen and oxygen atoms in total. The van der Waals surface area contributed by atoms with Crippen molar-refractivity contribution in [2.24, 2.45) is 0 Å². The number of anilines is 1. The van der Waals surface area contributed by atoms with Crippen LogP contribution in [0.1, 0.15) is 37.6 Å². The molecule has 2 aromatic carbocycles. The van der Waals surface area contributed by atoms with Gasteiger partial charge >= 0.3 is 6.03 Å². The third-order valence-corrected chi connectivity index (χ3v) is 4.54. The van der Waals surface area contributed by atoms with E-state index in [2.05, 4.69) is 15.7 Å². The molecule has 0 saturated heterocycles. The van der Waals surface area contributed by atoms with Gasteiger partial charge in [-0.05, 0) is 25.1 Å². The second-order valence-electron chi connectivity index (χ2n) is 8.12. The third kappa shape index (κ3) is 4.76. The SMILES string of the molecule is Cc1ccc(-n2nc(C(C)(C)C)cc2NC(=O)NCc2cc(F)cc(F)c2O)cc1. The first-order valence-corrected chi connectivity index (χ1v) is 9.44. The summed E-state index contributed by atoms with van der Waals surface area (Å²) >= 11 is 0. The van der Waals surface area contributed by atoms with Crippen molar-refractivity contribution in [1.29, 1.82) is 0 Å². The van der Waals surface area contributed by atoms with E-state index in [0.717, 1.165) is 23.0 Å². The predicted octanol–water partition coefficient (Wildman–Crippen LogP) is 4.78. The van der Waals surface area contributed by atoms with Crippen LogP contribution in [0, 0.1) is 18.6 Å². The van der Waals surface area contributed by atoms with E-state index in [4.69, 9.17) is 0 Å². The smallest absolute Gasteiger partial charge is 0.320 e. The Morgan fingerprint density at radius 3 is 2.43 bits per heavy atom. The molecule has 158 valence electrons. The van der Waals surface area contributed by atoms with E-state index in [1.165, 1.54) is 0 Å². The number of carbonyl (C=O) groups excluding carboxylic acids is 1. The fourth-order valence-electron chi connectivity index (χ4n) is 2.81. The van der Waals surface area contributed by atoms with E-state index < -0.39 is 23.4 Å². The summed E-state index contributed by atoms with van der Waals surface area (Å²) in [5, 5.41) is 19.5. The summed E-state index contributed by atoms with van der Waals surface area (Å²) < 4.78 is 28.5. The summed E-state index contributed by atoms with van der Waals surface area (Å²) in [4.78, 5) is 12.4. The lowest BCUT2D eigenvalue weighted by Gasteiger charge is -2.14. The number of nitrogens with zero attached hydrogens (tertiary/aromatic N) is 2. The van der Waals surface area contributed by atoms with Crippen LogP contribution in [-0.4, -0.2) is 20.9 Å². The molecule has 0 radical (unpaired) electrons. The van der Waals surface area contributed by atoms with Crippen molar-refractivity contribution < 1.29 is 18.7 Å². The molecule has 0 bridgehead atoms. The molecular formula is C22H24F2N4O2. The topological polar surface area (TPSA) is 79.2 Å². The maximum absolute atomic E-state index is 13.5. The van der Waals surface area contributed by atoms with Crippen molar-refractivity contribution in [2.75, 3.05) is 5.32 Å². The number of benzene rings is 2. The number of hydrogen-bond donors (Lipinski definition) is 3. The fraction of sp³-hybridized carbons (Fsp3) is 0.273. The van der Waals surface area contributed by atoms with Crippen LogP contribution < -0.4 is 10.6 Å². The largest absolute Gasteiger partial charge is 0.505 e. The van der Waals surface area contributed by atoms with E-state index >= 15 is 0 Å². The highest BCUT2D eigenvalue weighted by Gasteiger charge is 2.21. The molecule has 0 unspecified atom stereocenters. The number of aryl methyl sites for hydroxylation is 1. The Hall–Kier alpha value is -3.42. The van der Waals surface area contributed by atoms with Crippen molar-refractivity contribution >= 4 is 11.8 Å². The van der Waals surface area contributed by atoms with Crippen LogP contribution in [0.3, 0.4) is 0 Å². The van der Waals surface area contributed by atoms with Gasteiger partial charge in [0.1, 0.15) is 11.6 Å². The van der Waals surface area contributed by atoms with Gasteiger partial charge < -0.3 is 10.4 Å². The molecule has 30 heavy (non-hydrogen) atoms. The Morgan fingerprint density at radius 2 is 1.80 bits per heavy atom. The summed E-state index contributed by atoms with van der Waals surface area (Å²) in [6.07, 6.45) is 0. The summed E-state index contributed by atoms with van der Waals surface area (Å²) in [5.74, 6) is -2.18. The number of aromatic hydroxyl groups is 1. The van der Waals surface area contributed by atoms with Gasteiger partial charge in [0.05, 0.1) is 11.4 Å². The second-order valence-corrected chi connectivity index (χ2v) is 8.12. The minimum Gasteiger partial charge on any atom is -0.505 e. The summed E-state index contributed by atoms with van der Waals surface area (Å²) in [6.45, 7) is 7.77. The highest BCUT2D eigenvalue weighted by Crippen LogP contribution is 2.27. The van der Waals surface area contributed by atoms with Crippen LogP contribution in [0.2, 0.25) is 0 Å². The van der Waals surface area contributed by atoms with Gasteiger partial charge in [0.2, 0.25) is 0 Å². The predicted molar refractivity (Wildman–Crippen MR) is 111 cm³/mol. The van der Waals surface area contributed by atoms with Crippen LogP contribution in [0.25, 0.3) is 5.69 Å². The van der Waals surface area contributed by atoms with Gasteiger partial charge in [-0.3, -0.25) is 5.32 Å². The zero-order valence-electron chi connectivity index (χ0n) is 17.3. The molecular weight excluding hydrogens is 390 g/mol. The van der Waals surface area contributed by atoms with Gasteiger partial charge in [-0.1, -0.05) is 38.5 Å². The fourth-order valence-corrected chi connectivity index (χ4v) is 2.81. The number of nitrogens with one attached hydrogen (secondary N) is 2. The number of halogens is 2. The van der Waals surface area contributed by atoms with Gasteiger partial charge in [-0.2, -0.15) is 5.10 Å². The number of carbonyl (C=O) groups is 1. The summed E-state index contributed by atoms with van der Waals surface area (Å²) in [7, 11) is 0.